The average molecular weight is 231 g/mol. The van der Waals surface area contributed by atoms with E-state index in [1.54, 1.807) is 28.9 Å². The highest BCUT2D eigenvalue weighted by Crippen LogP contribution is 2.10. The van der Waals surface area contributed by atoms with Gasteiger partial charge in [-0.15, -0.1) is 5.10 Å². The van der Waals surface area contributed by atoms with Gasteiger partial charge in [-0.05, 0) is 24.3 Å². The number of carbonyl (C=O) groups is 1. The van der Waals surface area contributed by atoms with Gasteiger partial charge < -0.3 is 11.1 Å². The molecule has 0 spiro atoms. The maximum absolute atomic E-state index is 10.9. The molecule has 0 aliphatic carbocycles. The number of primary amides is 1. The zero-order valence-electron chi connectivity index (χ0n) is 9.42. The van der Waals surface area contributed by atoms with Crippen LogP contribution in [0.4, 0.5) is 5.69 Å². The largest absolute Gasteiger partial charge is 0.379 e. The second kappa shape index (κ2) is 4.65. The topological polar surface area (TPSA) is 85.8 Å². The Morgan fingerprint density at radius 1 is 1.41 bits per heavy atom. The number of rotatable bonds is 4. The molecule has 1 amide bonds. The van der Waals surface area contributed by atoms with E-state index in [0.717, 1.165) is 11.4 Å². The minimum Gasteiger partial charge on any atom is -0.379 e. The third kappa shape index (κ3) is 2.81. The third-order valence-corrected chi connectivity index (χ3v) is 2.29. The predicted octanol–water partition coefficient (Wildman–Crippen LogP) is 0.526. The number of nitrogens with two attached hydrogens (primary N) is 1. The summed E-state index contributed by atoms with van der Waals surface area (Å²) in [5, 5.41) is 11.0. The van der Waals surface area contributed by atoms with Crippen LogP contribution in [0.1, 0.15) is 16.1 Å². The first-order valence-electron chi connectivity index (χ1n) is 5.14. The Labute approximate surface area is 98.4 Å². The summed E-state index contributed by atoms with van der Waals surface area (Å²) < 4.78 is 1.65. The molecule has 0 fully saturated rings. The van der Waals surface area contributed by atoms with Crippen LogP contribution in [-0.2, 0) is 13.6 Å². The first kappa shape index (κ1) is 11.1. The van der Waals surface area contributed by atoms with Gasteiger partial charge in [0.1, 0.15) is 5.69 Å². The van der Waals surface area contributed by atoms with Crippen molar-refractivity contribution < 1.29 is 4.79 Å². The summed E-state index contributed by atoms with van der Waals surface area (Å²) in [7, 11) is 1.82. The molecule has 2 aromatic rings. The van der Waals surface area contributed by atoms with E-state index in [2.05, 4.69) is 15.6 Å². The quantitative estimate of drug-likeness (QED) is 0.803. The lowest BCUT2D eigenvalue weighted by Gasteiger charge is -2.04. The van der Waals surface area contributed by atoms with Crippen LogP contribution in [0.25, 0.3) is 0 Å². The van der Waals surface area contributed by atoms with Gasteiger partial charge in [0.15, 0.2) is 0 Å². The molecule has 0 aliphatic heterocycles. The fourth-order valence-corrected chi connectivity index (χ4v) is 1.42. The minimum absolute atomic E-state index is 0.425. The van der Waals surface area contributed by atoms with Crippen LogP contribution in [-0.4, -0.2) is 20.9 Å². The highest BCUT2D eigenvalue weighted by atomic mass is 16.1. The summed E-state index contributed by atoms with van der Waals surface area (Å²) in [5.74, 6) is -0.425. The van der Waals surface area contributed by atoms with Crippen LogP contribution in [0.3, 0.4) is 0 Å². The van der Waals surface area contributed by atoms with Crippen molar-refractivity contribution in [2.75, 3.05) is 5.32 Å². The number of aryl methyl sites for hydroxylation is 1. The Balaban J connectivity index is 1.97. The van der Waals surface area contributed by atoms with Gasteiger partial charge in [-0.25, -0.2) is 0 Å². The molecular weight excluding hydrogens is 218 g/mol. The van der Waals surface area contributed by atoms with E-state index in [1.165, 1.54) is 0 Å². The number of hydrogen-bond donors (Lipinski definition) is 2. The van der Waals surface area contributed by atoms with Crippen molar-refractivity contribution in [1.29, 1.82) is 0 Å². The van der Waals surface area contributed by atoms with Crippen LogP contribution in [0, 0.1) is 0 Å². The Bertz CT molecular complexity index is 517. The fourth-order valence-electron chi connectivity index (χ4n) is 1.42. The van der Waals surface area contributed by atoms with Crippen molar-refractivity contribution in [3.8, 4) is 0 Å². The van der Waals surface area contributed by atoms with Gasteiger partial charge in [-0.3, -0.25) is 9.48 Å². The standard InChI is InChI=1S/C11H13N5O/c1-16-7-10(14-15-16)6-13-9-4-2-8(3-5-9)11(12)17/h2-5,7,13H,6H2,1H3,(H2,12,17). The number of nitrogens with one attached hydrogen (secondary N) is 1. The molecular formula is C11H13N5O. The maximum atomic E-state index is 10.9. The lowest BCUT2D eigenvalue weighted by molar-refractivity contribution is 0.100. The predicted molar refractivity (Wildman–Crippen MR) is 63.3 cm³/mol. The van der Waals surface area contributed by atoms with E-state index in [4.69, 9.17) is 5.73 Å². The average Bonchev–Trinajstić information content (AvgIpc) is 2.73. The van der Waals surface area contributed by atoms with E-state index >= 15 is 0 Å². The molecule has 0 bridgehead atoms. The molecule has 0 saturated heterocycles. The lowest BCUT2D eigenvalue weighted by atomic mass is 10.2. The summed E-state index contributed by atoms with van der Waals surface area (Å²) in [6, 6.07) is 6.97. The number of amides is 1. The van der Waals surface area contributed by atoms with Crippen LogP contribution >= 0.6 is 0 Å². The van der Waals surface area contributed by atoms with Crippen LogP contribution in [0.15, 0.2) is 30.5 Å². The number of aromatic nitrogens is 3. The maximum Gasteiger partial charge on any atom is 0.248 e. The monoisotopic (exact) mass is 231 g/mol. The van der Waals surface area contributed by atoms with Crippen molar-refractivity contribution in [2.24, 2.45) is 12.8 Å². The number of nitrogens with zero attached hydrogens (tertiary/aromatic N) is 3. The van der Waals surface area contributed by atoms with E-state index in [1.807, 2.05) is 13.2 Å². The molecule has 17 heavy (non-hydrogen) atoms. The summed E-state index contributed by atoms with van der Waals surface area (Å²) in [4.78, 5) is 10.9. The molecule has 1 aromatic carbocycles. The highest BCUT2D eigenvalue weighted by Gasteiger charge is 2.01. The van der Waals surface area contributed by atoms with Gasteiger partial charge in [0.25, 0.3) is 0 Å². The number of carbonyl (C=O) groups excluding carboxylic acids is 1. The zero-order valence-corrected chi connectivity index (χ0v) is 9.42. The van der Waals surface area contributed by atoms with Crippen molar-refractivity contribution in [3.63, 3.8) is 0 Å². The van der Waals surface area contributed by atoms with E-state index in [-0.39, 0.29) is 0 Å². The summed E-state index contributed by atoms with van der Waals surface area (Å²) in [5.41, 5.74) is 7.40. The number of benzene rings is 1. The molecule has 1 aromatic heterocycles. The first-order chi connectivity index (χ1) is 8.15. The smallest absolute Gasteiger partial charge is 0.248 e. The highest BCUT2D eigenvalue weighted by molar-refractivity contribution is 5.93. The van der Waals surface area contributed by atoms with Gasteiger partial charge in [-0.1, -0.05) is 5.21 Å². The molecule has 6 heteroatoms. The second-order valence-corrected chi connectivity index (χ2v) is 3.68. The molecule has 1 heterocycles. The van der Waals surface area contributed by atoms with Crippen molar-refractivity contribution in [2.45, 2.75) is 6.54 Å². The Morgan fingerprint density at radius 3 is 2.65 bits per heavy atom. The molecule has 0 atom stereocenters. The number of hydrogen-bond acceptors (Lipinski definition) is 4. The number of anilines is 1. The van der Waals surface area contributed by atoms with E-state index in [9.17, 15) is 4.79 Å². The van der Waals surface area contributed by atoms with Gasteiger partial charge in [0.05, 0.1) is 6.54 Å². The molecule has 0 unspecified atom stereocenters. The van der Waals surface area contributed by atoms with Crippen molar-refractivity contribution >= 4 is 11.6 Å². The molecule has 3 N–H and O–H groups in total. The van der Waals surface area contributed by atoms with Crippen LogP contribution in [0.5, 0.6) is 0 Å². The minimum atomic E-state index is -0.425. The summed E-state index contributed by atoms with van der Waals surface area (Å²) in [6.07, 6.45) is 1.84. The zero-order chi connectivity index (χ0) is 12.3. The Kier molecular flexibility index (Phi) is 3.04. The van der Waals surface area contributed by atoms with Gasteiger partial charge in [-0.2, -0.15) is 0 Å². The first-order valence-corrected chi connectivity index (χ1v) is 5.14. The van der Waals surface area contributed by atoms with Gasteiger partial charge in [0.2, 0.25) is 5.91 Å². The molecule has 88 valence electrons. The second-order valence-electron chi connectivity index (χ2n) is 3.68. The molecule has 0 radical (unpaired) electrons. The SMILES string of the molecule is Cn1cc(CNc2ccc(C(N)=O)cc2)nn1. The third-order valence-electron chi connectivity index (χ3n) is 2.29. The van der Waals surface area contributed by atoms with Crippen molar-refractivity contribution in [1.82, 2.24) is 15.0 Å². The van der Waals surface area contributed by atoms with Crippen LogP contribution in [0.2, 0.25) is 0 Å². The lowest BCUT2D eigenvalue weighted by Crippen LogP contribution is -2.10. The summed E-state index contributed by atoms with van der Waals surface area (Å²) >= 11 is 0. The molecule has 6 nitrogen and oxygen atoms in total. The molecule has 0 aliphatic rings. The molecule has 0 saturated carbocycles. The van der Waals surface area contributed by atoms with Crippen molar-refractivity contribution in [3.05, 3.63) is 41.7 Å². The Hall–Kier alpha value is -2.37. The van der Waals surface area contributed by atoms with E-state index < -0.39 is 5.91 Å². The fraction of sp³-hybridized carbons (Fsp3) is 0.182. The molecule has 2 rings (SSSR count). The Morgan fingerprint density at radius 2 is 2.12 bits per heavy atom. The normalized spacial score (nSPS) is 10.2. The van der Waals surface area contributed by atoms with Gasteiger partial charge in [0, 0.05) is 24.5 Å². The van der Waals surface area contributed by atoms with Gasteiger partial charge >= 0.3 is 0 Å². The van der Waals surface area contributed by atoms with E-state index in [0.29, 0.717) is 12.1 Å². The summed E-state index contributed by atoms with van der Waals surface area (Å²) in [6.45, 7) is 0.587. The van der Waals surface area contributed by atoms with Crippen LogP contribution < -0.4 is 11.1 Å².